The molecule has 5 heteroatoms. The zero-order valence-corrected chi connectivity index (χ0v) is 13.8. The second-order valence-corrected chi connectivity index (χ2v) is 7.31. The SMILES string of the molecule is CC1(C)CCCNC1C(=O)Nc1ccc(NC(=O)C2CC2)cc1. The Bertz CT molecular complexity index is 591. The topological polar surface area (TPSA) is 70.2 Å². The van der Waals surface area contributed by atoms with Gasteiger partial charge >= 0.3 is 0 Å². The monoisotopic (exact) mass is 315 g/mol. The van der Waals surface area contributed by atoms with E-state index in [0.29, 0.717) is 0 Å². The van der Waals surface area contributed by atoms with Crippen LogP contribution in [0.2, 0.25) is 0 Å². The minimum atomic E-state index is -0.175. The van der Waals surface area contributed by atoms with Gasteiger partial charge in [-0.25, -0.2) is 0 Å². The first-order valence-electron chi connectivity index (χ1n) is 8.41. The molecule has 0 aromatic heterocycles. The maximum Gasteiger partial charge on any atom is 0.242 e. The number of hydrogen-bond donors (Lipinski definition) is 3. The van der Waals surface area contributed by atoms with Gasteiger partial charge in [-0.05, 0) is 61.9 Å². The molecule has 1 aliphatic heterocycles. The summed E-state index contributed by atoms with van der Waals surface area (Å²) >= 11 is 0. The molecule has 2 aliphatic rings. The number of piperidine rings is 1. The van der Waals surface area contributed by atoms with Gasteiger partial charge in [0.05, 0.1) is 6.04 Å². The summed E-state index contributed by atoms with van der Waals surface area (Å²) in [4.78, 5) is 24.2. The number of hydrogen-bond acceptors (Lipinski definition) is 3. The summed E-state index contributed by atoms with van der Waals surface area (Å²) in [6, 6.07) is 7.14. The molecule has 0 radical (unpaired) electrons. The van der Waals surface area contributed by atoms with E-state index >= 15 is 0 Å². The van der Waals surface area contributed by atoms with Gasteiger partial charge in [-0.3, -0.25) is 9.59 Å². The number of rotatable bonds is 4. The molecule has 2 fully saturated rings. The molecule has 1 aromatic rings. The summed E-state index contributed by atoms with van der Waals surface area (Å²) in [5.74, 6) is 0.286. The quantitative estimate of drug-likeness (QED) is 0.800. The normalized spacial score (nSPS) is 23.1. The highest BCUT2D eigenvalue weighted by atomic mass is 16.2. The first kappa shape index (κ1) is 16.0. The molecule has 124 valence electrons. The van der Waals surface area contributed by atoms with Crippen LogP contribution in [0.15, 0.2) is 24.3 Å². The third-order valence-electron chi connectivity index (χ3n) is 4.76. The number of carbonyl (C=O) groups excluding carboxylic acids is 2. The summed E-state index contributed by atoms with van der Waals surface area (Å²) in [6.07, 6.45) is 4.13. The summed E-state index contributed by atoms with van der Waals surface area (Å²) in [5.41, 5.74) is 1.49. The van der Waals surface area contributed by atoms with Gasteiger partial charge in [0.25, 0.3) is 0 Å². The van der Waals surface area contributed by atoms with Gasteiger partial charge in [0, 0.05) is 17.3 Å². The Labute approximate surface area is 137 Å². The van der Waals surface area contributed by atoms with Crippen LogP contribution in [-0.2, 0) is 9.59 Å². The molecule has 23 heavy (non-hydrogen) atoms. The summed E-state index contributed by atoms with van der Waals surface area (Å²) in [6.45, 7) is 5.13. The fraction of sp³-hybridized carbons (Fsp3) is 0.556. The van der Waals surface area contributed by atoms with Gasteiger partial charge in [0.2, 0.25) is 11.8 Å². The Morgan fingerprint density at radius 2 is 1.61 bits per heavy atom. The van der Waals surface area contributed by atoms with Crippen LogP contribution in [-0.4, -0.2) is 24.4 Å². The highest BCUT2D eigenvalue weighted by Crippen LogP contribution is 2.31. The smallest absolute Gasteiger partial charge is 0.242 e. The highest BCUT2D eigenvalue weighted by molar-refractivity contribution is 5.96. The van der Waals surface area contributed by atoms with Crippen molar-refractivity contribution >= 4 is 23.2 Å². The lowest BCUT2D eigenvalue weighted by atomic mass is 9.77. The molecule has 1 saturated carbocycles. The van der Waals surface area contributed by atoms with E-state index in [1.54, 1.807) is 0 Å². The van der Waals surface area contributed by atoms with Crippen LogP contribution in [0.3, 0.4) is 0 Å². The minimum Gasteiger partial charge on any atom is -0.326 e. The molecule has 0 spiro atoms. The number of anilines is 2. The summed E-state index contributed by atoms with van der Waals surface area (Å²) < 4.78 is 0. The van der Waals surface area contributed by atoms with Crippen molar-refractivity contribution in [3.8, 4) is 0 Å². The largest absolute Gasteiger partial charge is 0.326 e. The minimum absolute atomic E-state index is 0.00414. The van der Waals surface area contributed by atoms with E-state index in [0.717, 1.165) is 43.6 Å². The lowest BCUT2D eigenvalue weighted by molar-refractivity contribution is -0.121. The predicted molar refractivity (Wildman–Crippen MR) is 91.2 cm³/mol. The van der Waals surface area contributed by atoms with Crippen molar-refractivity contribution < 1.29 is 9.59 Å². The van der Waals surface area contributed by atoms with Crippen molar-refractivity contribution in [3.05, 3.63) is 24.3 Å². The molecule has 1 aromatic carbocycles. The molecule has 1 heterocycles. The van der Waals surface area contributed by atoms with Gasteiger partial charge in [-0.15, -0.1) is 0 Å². The van der Waals surface area contributed by atoms with Crippen molar-refractivity contribution in [2.75, 3.05) is 17.2 Å². The first-order valence-corrected chi connectivity index (χ1v) is 8.41. The Kier molecular flexibility index (Phi) is 4.39. The van der Waals surface area contributed by atoms with Gasteiger partial charge < -0.3 is 16.0 Å². The third kappa shape index (κ3) is 3.91. The van der Waals surface area contributed by atoms with E-state index in [-0.39, 0.29) is 29.2 Å². The molecule has 0 bridgehead atoms. The van der Waals surface area contributed by atoms with Crippen LogP contribution in [0.1, 0.15) is 39.5 Å². The third-order valence-corrected chi connectivity index (χ3v) is 4.76. The molecule has 3 N–H and O–H groups in total. The van der Waals surface area contributed by atoms with Crippen molar-refractivity contribution in [2.45, 2.75) is 45.6 Å². The molecule has 3 rings (SSSR count). The van der Waals surface area contributed by atoms with Crippen molar-refractivity contribution in [3.63, 3.8) is 0 Å². The molecule has 2 amide bonds. The second kappa shape index (κ2) is 6.32. The van der Waals surface area contributed by atoms with E-state index in [4.69, 9.17) is 0 Å². The molecule has 1 aliphatic carbocycles. The van der Waals surface area contributed by atoms with Gasteiger partial charge in [-0.1, -0.05) is 13.8 Å². The lowest BCUT2D eigenvalue weighted by Crippen LogP contribution is -2.53. The Balaban J connectivity index is 1.59. The van der Waals surface area contributed by atoms with E-state index in [2.05, 4.69) is 29.8 Å². The number of amides is 2. The molecular weight excluding hydrogens is 290 g/mol. The number of nitrogens with one attached hydrogen (secondary N) is 3. The summed E-state index contributed by atoms with van der Waals surface area (Å²) in [5, 5.41) is 9.18. The van der Waals surface area contributed by atoms with E-state index in [1.807, 2.05) is 24.3 Å². The zero-order valence-electron chi connectivity index (χ0n) is 13.8. The first-order chi connectivity index (χ1) is 11.0. The van der Waals surface area contributed by atoms with Crippen LogP contribution in [0.25, 0.3) is 0 Å². The highest BCUT2D eigenvalue weighted by Gasteiger charge is 2.37. The Hall–Kier alpha value is -1.88. The number of carbonyl (C=O) groups is 2. The van der Waals surface area contributed by atoms with E-state index in [1.165, 1.54) is 0 Å². The van der Waals surface area contributed by atoms with Gasteiger partial charge in [0.15, 0.2) is 0 Å². The van der Waals surface area contributed by atoms with E-state index < -0.39 is 0 Å². The lowest BCUT2D eigenvalue weighted by Gasteiger charge is -2.38. The predicted octanol–water partition coefficient (Wildman–Crippen LogP) is 2.75. The van der Waals surface area contributed by atoms with Crippen molar-refractivity contribution in [2.24, 2.45) is 11.3 Å². The Morgan fingerprint density at radius 1 is 1.04 bits per heavy atom. The van der Waals surface area contributed by atoms with Crippen LogP contribution in [0.4, 0.5) is 11.4 Å². The van der Waals surface area contributed by atoms with Crippen LogP contribution < -0.4 is 16.0 Å². The standard InChI is InChI=1S/C18H25N3O2/c1-18(2)10-3-11-19-15(18)17(23)21-14-8-6-13(7-9-14)20-16(22)12-4-5-12/h6-9,12,15,19H,3-5,10-11H2,1-2H3,(H,20,22)(H,21,23). The molecule has 1 atom stereocenters. The van der Waals surface area contributed by atoms with E-state index in [9.17, 15) is 9.59 Å². The maximum atomic E-state index is 12.5. The molecular formula is C18H25N3O2. The fourth-order valence-electron chi connectivity index (χ4n) is 3.10. The second-order valence-electron chi connectivity index (χ2n) is 7.31. The molecule has 5 nitrogen and oxygen atoms in total. The van der Waals surface area contributed by atoms with Crippen molar-refractivity contribution in [1.82, 2.24) is 5.32 Å². The van der Waals surface area contributed by atoms with Gasteiger partial charge in [0.1, 0.15) is 0 Å². The number of benzene rings is 1. The maximum absolute atomic E-state index is 12.5. The average Bonchev–Trinajstić information content (AvgIpc) is 3.33. The molecule has 1 saturated heterocycles. The molecule has 1 unspecified atom stereocenters. The van der Waals surface area contributed by atoms with Crippen molar-refractivity contribution in [1.29, 1.82) is 0 Å². The average molecular weight is 315 g/mol. The van der Waals surface area contributed by atoms with Crippen LogP contribution in [0, 0.1) is 11.3 Å². The van der Waals surface area contributed by atoms with Gasteiger partial charge in [-0.2, -0.15) is 0 Å². The van der Waals surface area contributed by atoms with Crippen LogP contribution in [0.5, 0.6) is 0 Å². The summed E-state index contributed by atoms with van der Waals surface area (Å²) in [7, 11) is 0. The van der Waals surface area contributed by atoms with Crippen LogP contribution >= 0.6 is 0 Å². The zero-order chi connectivity index (χ0) is 16.4. The Morgan fingerprint density at radius 3 is 2.13 bits per heavy atom. The fourth-order valence-corrected chi connectivity index (χ4v) is 3.10.